The molecule has 2 amide bonds. The molecule has 0 spiro atoms. The Morgan fingerprint density at radius 1 is 1.05 bits per heavy atom. The van der Waals surface area contributed by atoms with Crippen molar-refractivity contribution >= 4 is 38.4 Å². The summed E-state index contributed by atoms with van der Waals surface area (Å²) in [5.41, 5.74) is 0.213. The average molecular weight is 538 g/mol. The predicted octanol–water partition coefficient (Wildman–Crippen LogP) is 2.31. The van der Waals surface area contributed by atoms with Gasteiger partial charge in [-0.25, -0.2) is 13.4 Å². The highest BCUT2D eigenvalue weighted by molar-refractivity contribution is 7.89. The molecule has 0 saturated carbocycles. The number of ketones is 1. The second-order valence-electron chi connectivity index (χ2n) is 9.71. The minimum atomic E-state index is -3.94. The fourth-order valence-electron chi connectivity index (χ4n) is 4.49. The van der Waals surface area contributed by atoms with Crippen LogP contribution >= 0.6 is 0 Å². The van der Waals surface area contributed by atoms with Gasteiger partial charge in [-0.1, -0.05) is 44.2 Å². The summed E-state index contributed by atoms with van der Waals surface area (Å²) in [6, 6.07) is 12.0. The van der Waals surface area contributed by atoms with Gasteiger partial charge in [0.25, 0.3) is 15.9 Å². The number of nitrogens with one attached hydrogen (secondary N) is 2. The molecule has 0 unspecified atom stereocenters. The molecule has 1 aliphatic rings. The second-order valence-corrected chi connectivity index (χ2v) is 11.6. The number of aromatic nitrogens is 2. The van der Waals surface area contributed by atoms with Crippen LogP contribution in [0, 0.1) is 5.92 Å². The van der Waals surface area contributed by atoms with Gasteiger partial charge in [0.1, 0.15) is 11.7 Å². The van der Waals surface area contributed by atoms with E-state index in [4.69, 9.17) is 0 Å². The van der Waals surface area contributed by atoms with Gasteiger partial charge < -0.3 is 10.6 Å². The number of carbonyl (C=O) groups is 3. The smallest absolute Gasteiger partial charge is 0.271 e. The summed E-state index contributed by atoms with van der Waals surface area (Å²) in [6.45, 7) is 3.63. The van der Waals surface area contributed by atoms with Crippen molar-refractivity contribution in [1.29, 1.82) is 0 Å². The van der Waals surface area contributed by atoms with Crippen LogP contribution in [0.15, 0.2) is 66.0 Å². The summed E-state index contributed by atoms with van der Waals surface area (Å²) in [5, 5.41) is 6.95. The summed E-state index contributed by atoms with van der Waals surface area (Å²) < 4.78 is 27.0. The van der Waals surface area contributed by atoms with Crippen LogP contribution in [0.2, 0.25) is 0 Å². The number of amides is 2. The normalized spacial score (nSPS) is 17.7. The SMILES string of the molecule is CC(C)C[C@@H](NC(=O)c1nccc2ccccc12)C(=O)N[C@@H]1CCCN(S(=O)(=O)c2ccccn2)CC1=O. The number of rotatable bonds is 8. The Labute approximate surface area is 221 Å². The molecule has 0 bridgehead atoms. The van der Waals surface area contributed by atoms with Crippen molar-refractivity contribution in [3.63, 3.8) is 0 Å². The first-order valence-electron chi connectivity index (χ1n) is 12.6. The van der Waals surface area contributed by atoms with Crippen molar-refractivity contribution in [1.82, 2.24) is 24.9 Å². The Kier molecular flexibility index (Phi) is 8.48. The van der Waals surface area contributed by atoms with Crippen molar-refractivity contribution < 1.29 is 22.8 Å². The molecule has 2 atom stereocenters. The van der Waals surface area contributed by atoms with E-state index in [2.05, 4.69) is 20.6 Å². The maximum Gasteiger partial charge on any atom is 0.271 e. The Morgan fingerprint density at radius 2 is 1.82 bits per heavy atom. The molecule has 1 saturated heterocycles. The first-order chi connectivity index (χ1) is 18.2. The first kappa shape index (κ1) is 27.3. The Morgan fingerprint density at radius 3 is 2.55 bits per heavy atom. The predicted molar refractivity (Wildman–Crippen MR) is 142 cm³/mol. The van der Waals surface area contributed by atoms with Gasteiger partial charge in [0.2, 0.25) is 5.91 Å². The largest absolute Gasteiger partial charge is 0.344 e. The molecule has 1 fully saturated rings. The number of nitrogens with zero attached hydrogens (tertiary/aromatic N) is 3. The zero-order valence-electron chi connectivity index (χ0n) is 21.3. The lowest BCUT2D eigenvalue weighted by molar-refractivity contribution is -0.129. The number of fused-ring (bicyclic) bond motifs is 1. The van der Waals surface area contributed by atoms with E-state index < -0.39 is 39.7 Å². The lowest BCUT2D eigenvalue weighted by Gasteiger charge is -2.23. The summed E-state index contributed by atoms with van der Waals surface area (Å²) in [4.78, 5) is 47.6. The second kappa shape index (κ2) is 11.8. The van der Waals surface area contributed by atoms with Gasteiger partial charge in [-0.2, -0.15) is 4.31 Å². The minimum Gasteiger partial charge on any atom is -0.344 e. The van der Waals surface area contributed by atoms with Crippen LogP contribution in [0.1, 0.15) is 43.6 Å². The third-order valence-corrected chi connectivity index (χ3v) is 8.16. The van der Waals surface area contributed by atoms with Crippen LogP contribution in [0.5, 0.6) is 0 Å². The van der Waals surface area contributed by atoms with Crippen LogP contribution in [-0.2, 0) is 19.6 Å². The molecule has 0 radical (unpaired) electrons. The molecular weight excluding hydrogens is 506 g/mol. The monoisotopic (exact) mass is 537 g/mol. The number of sulfonamides is 1. The molecule has 2 aromatic heterocycles. The number of hydrogen-bond donors (Lipinski definition) is 2. The van der Waals surface area contributed by atoms with Gasteiger partial charge in [0, 0.05) is 24.3 Å². The first-order valence-corrected chi connectivity index (χ1v) is 14.0. The Balaban J connectivity index is 1.47. The third-order valence-electron chi connectivity index (χ3n) is 6.40. The van der Waals surface area contributed by atoms with Gasteiger partial charge in [0.05, 0.1) is 12.6 Å². The van der Waals surface area contributed by atoms with E-state index in [9.17, 15) is 22.8 Å². The minimum absolute atomic E-state index is 0.0790. The molecule has 1 aliphatic heterocycles. The molecule has 1 aromatic carbocycles. The van der Waals surface area contributed by atoms with Gasteiger partial charge in [-0.3, -0.25) is 19.4 Å². The van der Waals surface area contributed by atoms with Gasteiger partial charge in [-0.15, -0.1) is 0 Å². The highest BCUT2D eigenvalue weighted by atomic mass is 32.2. The lowest BCUT2D eigenvalue weighted by Crippen LogP contribution is -2.52. The van der Waals surface area contributed by atoms with E-state index in [-0.39, 0.29) is 36.1 Å². The number of Topliss-reactive ketones (excluding diaryl/α,β-unsaturated/α-hetero) is 1. The van der Waals surface area contributed by atoms with E-state index in [0.29, 0.717) is 18.2 Å². The Bertz CT molecular complexity index is 1420. The van der Waals surface area contributed by atoms with Crippen LogP contribution in [0.3, 0.4) is 0 Å². The van der Waals surface area contributed by atoms with Crippen LogP contribution in [0.4, 0.5) is 0 Å². The van der Waals surface area contributed by atoms with Crippen molar-refractivity contribution in [3.8, 4) is 0 Å². The lowest BCUT2D eigenvalue weighted by atomic mass is 10.0. The highest BCUT2D eigenvalue weighted by Gasteiger charge is 2.35. The molecule has 4 rings (SSSR count). The zero-order chi connectivity index (χ0) is 27.3. The van der Waals surface area contributed by atoms with Crippen LogP contribution < -0.4 is 10.6 Å². The molecule has 2 N–H and O–H groups in total. The molecule has 3 aromatic rings. The van der Waals surface area contributed by atoms with E-state index in [0.717, 1.165) is 9.69 Å². The molecule has 200 valence electrons. The summed E-state index contributed by atoms with van der Waals surface area (Å²) in [7, 11) is -3.94. The average Bonchev–Trinajstić information content (AvgIpc) is 3.09. The van der Waals surface area contributed by atoms with Crippen molar-refractivity contribution in [2.24, 2.45) is 5.92 Å². The van der Waals surface area contributed by atoms with E-state index in [1.807, 2.05) is 32.0 Å². The standard InChI is InChI=1S/C27H31N5O5S/c1-18(2)16-22(31-27(35)25-20-9-4-3-8-19(20)12-14-29-25)26(34)30-21-10-7-15-32(17-23(21)33)38(36,37)24-11-5-6-13-28-24/h3-6,8-9,11-14,18,21-22H,7,10,15-17H2,1-2H3,(H,30,34)(H,31,35)/t21-,22-/m1/s1. The molecule has 3 heterocycles. The Hall–Kier alpha value is -3.70. The van der Waals surface area contributed by atoms with Gasteiger partial charge >= 0.3 is 0 Å². The van der Waals surface area contributed by atoms with E-state index in [1.54, 1.807) is 30.5 Å². The van der Waals surface area contributed by atoms with E-state index >= 15 is 0 Å². The molecule has 38 heavy (non-hydrogen) atoms. The fourth-order valence-corrected chi connectivity index (χ4v) is 5.86. The number of pyridine rings is 2. The molecule has 0 aliphatic carbocycles. The summed E-state index contributed by atoms with van der Waals surface area (Å²) >= 11 is 0. The zero-order valence-corrected chi connectivity index (χ0v) is 22.1. The summed E-state index contributed by atoms with van der Waals surface area (Å²) in [6.07, 6.45) is 3.94. The maximum atomic E-state index is 13.3. The fraction of sp³-hybridized carbons (Fsp3) is 0.370. The number of benzene rings is 1. The number of carbonyl (C=O) groups excluding carboxylic acids is 3. The van der Waals surface area contributed by atoms with Gasteiger partial charge in [0.15, 0.2) is 10.8 Å². The maximum absolute atomic E-state index is 13.3. The van der Waals surface area contributed by atoms with Crippen molar-refractivity contribution in [2.45, 2.75) is 50.2 Å². The molecule has 11 heteroatoms. The third kappa shape index (κ3) is 6.22. The molecule has 10 nitrogen and oxygen atoms in total. The highest BCUT2D eigenvalue weighted by Crippen LogP contribution is 2.19. The van der Waals surface area contributed by atoms with Crippen molar-refractivity contribution in [2.75, 3.05) is 13.1 Å². The van der Waals surface area contributed by atoms with E-state index in [1.165, 1.54) is 12.3 Å². The van der Waals surface area contributed by atoms with Crippen molar-refractivity contribution in [3.05, 3.63) is 66.6 Å². The quantitative estimate of drug-likeness (QED) is 0.450. The van der Waals surface area contributed by atoms with Crippen LogP contribution in [-0.4, -0.2) is 65.5 Å². The molecular formula is C27H31N5O5S. The van der Waals surface area contributed by atoms with Gasteiger partial charge in [-0.05, 0) is 48.8 Å². The topological polar surface area (TPSA) is 138 Å². The van der Waals surface area contributed by atoms with Crippen LogP contribution in [0.25, 0.3) is 10.8 Å². The summed E-state index contributed by atoms with van der Waals surface area (Å²) in [5.74, 6) is -1.31. The number of hydrogen-bond acceptors (Lipinski definition) is 7.